The van der Waals surface area contributed by atoms with Crippen LogP contribution in [0.1, 0.15) is 46.1 Å². The summed E-state index contributed by atoms with van der Waals surface area (Å²) < 4.78 is 11.3. The summed E-state index contributed by atoms with van der Waals surface area (Å²) in [5.74, 6) is 0.673. The minimum atomic E-state index is -0.893. The van der Waals surface area contributed by atoms with Crippen LogP contribution in [0.5, 0.6) is 5.75 Å². The van der Waals surface area contributed by atoms with E-state index in [1.807, 2.05) is 69.3 Å². The largest absolute Gasteiger partial charge is 0.495 e. The van der Waals surface area contributed by atoms with Gasteiger partial charge in [0.25, 0.3) is 0 Å². The van der Waals surface area contributed by atoms with Gasteiger partial charge in [0.2, 0.25) is 0 Å². The van der Waals surface area contributed by atoms with Crippen LogP contribution in [-0.2, 0) is 10.3 Å². The van der Waals surface area contributed by atoms with Crippen LogP contribution >= 0.6 is 11.3 Å². The zero-order valence-corrected chi connectivity index (χ0v) is 23.6. The third kappa shape index (κ3) is 5.82. The number of nitrogens with one attached hydrogen (secondary N) is 1. The fourth-order valence-corrected chi connectivity index (χ4v) is 6.10. The fraction of sp³-hybridized carbons (Fsp3) is 0.323. The molecule has 202 valence electrons. The molecule has 0 bridgehead atoms. The third-order valence-corrected chi connectivity index (χ3v) is 7.79. The minimum absolute atomic E-state index is 0.329. The average molecular weight is 544 g/mol. The number of benzene rings is 2. The number of ether oxygens (including phenoxy) is 2. The lowest BCUT2D eigenvalue weighted by Crippen LogP contribution is -2.57. The molecule has 1 aliphatic carbocycles. The molecule has 0 aliphatic heterocycles. The summed E-state index contributed by atoms with van der Waals surface area (Å²) in [6, 6.07) is 20.1. The molecule has 5 rings (SSSR count). The summed E-state index contributed by atoms with van der Waals surface area (Å²) in [7, 11) is 1.62. The molecule has 4 aromatic rings. The van der Waals surface area contributed by atoms with Gasteiger partial charge < -0.3 is 19.9 Å². The van der Waals surface area contributed by atoms with E-state index in [1.165, 1.54) is 0 Å². The molecule has 1 saturated carbocycles. The van der Waals surface area contributed by atoms with Crippen molar-refractivity contribution in [3.8, 4) is 38.0 Å². The molecule has 0 radical (unpaired) electrons. The van der Waals surface area contributed by atoms with Gasteiger partial charge in [-0.05, 0) is 44.9 Å². The summed E-state index contributed by atoms with van der Waals surface area (Å²) in [5, 5.41) is 14.3. The monoisotopic (exact) mass is 543 g/mol. The maximum Gasteiger partial charge on any atom is 0.408 e. The Morgan fingerprint density at radius 2 is 1.69 bits per heavy atom. The number of hydrogen-bond acceptors (Lipinski definition) is 7. The van der Waals surface area contributed by atoms with Crippen molar-refractivity contribution in [2.45, 2.75) is 57.3 Å². The van der Waals surface area contributed by atoms with E-state index in [2.05, 4.69) is 22.4 Å². The van der Waals surface area contributed by atoms with Crippen molar-refractivity contribution in [3.63, 3.8) is 0 Å². The summed E-state index contributed by atoms with van der Waals surface area (Å²) in [6.45, 7) is 7.48. The van der Waals surface area contributed by atoms with Crippen LogP contribution in [0.4, 0.5) is 4.79 Å². The summed E-state index contributed by atoms with van der Waals surface area (Å²) in [6.07, 6.45) is 3.62. The number of hydrogen-bond donors (Lipinski definition) is 2. The molecule has 0 saturated heterocycles. The Kier molecular flexibility index (Phi) is 6.95. The molecule has 1 fully saturated rings. The molecule has 2 aromatic heterocycles. The zero-order valence-electron chi connectivity index (χ0n) is 22.8. The number of pyridine rings is 1. The Hall–Kier alpha value is -3.75. The number of aromatic nitrogens is 2. The first-order chi connectivity index (χ1) is 18.5. The van der Waals surface area contributed by atoms with E-state index in [4.69, 9.17) is 14.5 Å². The van der Waals surface area contributed by atoms with Crippen LogP contribution in [0.15, 0.2) is 73.1 Å². The topological polar surface area (TPSA) is 93.6 Å². The second-order valence-electron chi connectivity index (χ2n) is 11.4. The molecular formula is C31H33N3O4S. The first kappa shape index (κ1) is 26.8. The minimum Gasteiger partial charge on any atom is -0.495 e. The van der Waals surface area contributed by atoms with Gasteiger partial charge in [0, 0.05) is 35.7 Å². The molecule has 7 nitrogen and oxygen atoms in total. The predicted molar refractivity (Wildman–Crippen MR) is 154 cm³/mol. The van der Waals surface area contributed by atoms with E-state index in [-0.39, 0.29) is 0 Å². The number of carbonyl (C=O) groups excluding carboxylic acids is 1. The average Bonchev–Trinajstić information content (AvgIpc) is 3.33. The predicted octanol–water partition coefficient (Wildman–Crippen LogP) is 6.81. The number of methoxy groups -OCH3 is 1. The van der Waals surface area contributed by atoms with E-state index in [9.17, 15) is 9.90 Å². The van der Waals surface area contributed by atoms with Crippen molar-refractivity contribution in [2.24, 2.45) is 0 Å². The van der Waals surface area contributed by atoms with Crippen LogP contribution < -0.4 is 10.1 Å². The van der Waals surface area contributed by atoms with Gasteiger partial charge in [-0.2, -0.15) is 0 Å². The van der Waals surface area contributed by atoms with Gasteiger partial charge in [-0.15, -0.1) is 11.3 Å². The lowest BCUT2D eigenvalue weighted by Gasteiger charge is -2.51. The van der Waals surface area contributed by atoms with E-state index in [0.29, 0.717) is 18.6 Å². The maximum absolute atomic E-state index is 12.7. The van der Waals surface area contributed by atoms with Gasteiger partial charge in [-0.1, -0.05) is 54.6 Å². The van der Waals surface area contributed by atoms with Gasteiger partial charge in [0.05, 0.1) is 29.5 Å². The van der Waals surface area contributed by atoms with Crippen molar-refractivity contribution in [2.75, 3.05) is 7.11 Å². The number of alkyl carbamates (subject to hydrolysis) is 1. The van der Waals surface area contributed by atoms with Crippen molar-refractivity contribution in [3.05, 3.63) is 78.6 Å². The molecule has 39 heavy (non-hydrogen) atoms. The Bertz CT molecular complexity index is 1470. The normalized spacial score (nSPS) is 20.7. The van der Waals surface area contributed by atoms with Crippen LogP contribution in [0, 0.1) is 0 Å². The first-order valence-electron chi connectivity index (χ1n) is 12.9. The number of rotatable bonds is 6. The number of nitrogens with zero attached hydrogens (tertiary/aromatic N) is 2. The lowest BCUT2D eigenvalue weighted by atomic mass is 9.65. The quantitative estimate of drug-likeness (QED) is 0.277. The molecular weight excluding hydrogens is 510 g/mol. The molecule has 2 heterocycles. The van der Waals surface area contributed by atoms with E-state index >= 15 is 0 Å². The van der Waals surface area contributed by atoms with E-state index in [1.54, 1.807) is 37.8 Å². The Balaban J connectivity index is 1.51. The number of amides is 1. The van der Waals surface area contributed by atoms with Gasteiger partial charge in [0.15, 0.2) is 0 Å². The molecule has 2 aromatic carbocycles. The van der Waals surface area contributed by atoms with Gasteiger partial charge >= 0.3 is 6.09 Å². The smallest absolute Gasteiger partial charge is 0.408 e. The second-order valence-corrected chi connectivity index (χ2v) is 12.4. The Morgan fingerprint density at radius 3 is 2.31 bits per heavy atom. The van der Waals surface area contributed by atoms with Gasteiger partial charge in [0.1, 0.15) is 16.4 Å². The van der Waals surface area contributed by atoms with Crippen LogP contribution in [-0.4, -0.2) is 39.4 Å². The van der Waals surface area contributed by atoms with Crippen LogP contribution in [0.3, 0.4) is 0 Å². The van der Waals surface area contributed by atoms with Crippen molar-refractivity contribution >= 4 is 17.4 Å². The number of carbonyl (C=O) groups is 1. The van der Waals surface area contributed by atoms with Crippen molar-refractivity contribution < 1.29 is 19.4 Å². The maximum atomic E-state index is 12.7. The summed E-state index contributed by atoms with van der Waals surface area (Å²) >= 11 is 1.60. The SMILES string of the molecule is COc1cncc(-c2nc(-c3ccc(C4(OC(=O)NC(C)(C)C)CC(C)(O)C4)cc3)c(-c3ccccc3)s2)c1. The third-order valence-electron chi connectivity index (χ3n) is 6.64. The standard InChI is InChI=1S/C31H33N3O4S/c1-29(2,3)34-28(35)38-31(18-30(4,36)19-31)23-13-11-20(12-14-23)25-26(21-9-7-6-8-10-21)39-27(33-25)22-15-24(37-5)17-32-16-22/h6-17,36H,18-19H2,1-5H3,(H,34,35). The molecule has 0 unspecified atom stereocenters. The van der Waals surface area contributed by atoms with Crippen LogP contribution in [0.2, 0.25) is 0 Å². The highest BCUT2D eigenvalue weighted by molar-refractivity contribution is 7.19. The highest BCUT2D eigenvalue weighted by Gasteiger charge is 2.55. The Morgan fingerprint density at radius 1 is 1.00 bits per heavy atom. The second kappa shape index (κ2) is 10.1. The molecule has 0 atom stereocenters. The fourth-order valence-electron chi connectivity index (χ4n) is 5.03. The first-order valence-corrected chi connectivity index (χ1v) is 13.7. The van der Waals surface area contributed by atoms with Crippen molar-refractivity contribution in [1.29, 1.82) is 0 Å². The van der Waals surface area contributed by atoms with Gasteiger partial charge in [-0.25, -0.2) is 9.78 Å². The van der Waals surface area contributed by atoms with E-state index < -0.39 is 22.8 Å². The number of aliphatic hydroxyl groups is 1. The number of thiazole rings is 1. The molecule has 1 aliphatic rings. The Labute approximate surface area is 232 Å². The molecule has 0 spiro atoms. The highest BCUT2D eigenvalue weighted by atomic mass is 32.1. The van der Waals surface area contributed by atoms with E-state index in [0.717, 1.165) is 37.8 Å². The van der Waals surface area contributed by atoms with Crippen molar-refractivity contribution in [1.82, 2.24) is 15.3 Å². The molecule has 1 amide bonds. The zero-order chi connectivity index (χ0) is 27.8. The summed E-state index contributed by atoms with van der Waals surface area (Å²) in [4.78, 5) is 23.1. The molecule has 2 N–H and O–H groups in total. The molecule has 8 heteroatoms. The summed E-state index contributed by atoms with van der Waals surface area (Å²) in [5.41, 5.74) is 2.39. The lowest BCUT2D eigenvalue weighted by molar-refractivity contribution is -0.176. The van der Waals surface area contributed by atoms with Crippen LogP contribution in [0.25, 0.3) is 32.3 Å². The highest BCUT2D eigenvalue weighted by Crippen LogP contribution is 2.51. The van der Waals surface area contributed by atoms with Gasteiger partial charge in [-0.3, -0.25) is 4.98 Å².